The van der Waals surface area contributed by atoms with Gasteiger partial charge in [-0.15, -0.1) is 11.3 Å². The number of nitrogens with one attached hydrogen (secondary N) is 1. The van der Waals surface area contributed by atoms with E-state index in [0.29, 0.717) is 6.04 Å². The SMILES string of the molecule is NNC(c1cccc2ccsc12)C1CN2CCCC2CO1. The summed E-state index contributed by atoms with van der Waals surface area (Å²) >= 11 is 1.78. The molecule has 0 aliphatic carbocycles. The van der Waals surface area contributed by atoms with E-state index in [1.54, 1.807) is 11.3 Å². The predicted molar refractivity (Wildman–Crippen MR) is 86.2 cm³/mol. The molecule has 2 aromatic rings. The van der Waals surface area contributed by atoms with Crippen LogP contribution in [0.1, 0.15) is 24.4 Å². The number of nitrogens with zero attached hydrogens (tertiary/aromatic N) is 1. The van der Waals surface area contributed by atoms with Gasteiger partial charge in [0.2, 0.25) is 0 Å². The highest BCUT2D eigenvalue weighted by atomic mass is 32.1. The number of ether oxygens (including phenoxy) is 1. The highest BCUT2D eigenvalue weighted by Crippen LogP contribution is 2.33. The van der Waals surface area contributed by atoms with E-state index in [9.17, 15) is 0 Å². The highest BCUT2D eigenvalue weighted by Gasteiger charge is 2.36. The average Bonchev–Trinajstić information content (AvgIpc) is 3.16. The maximum absolute atomic E-state index is 6.15. The van der Waals surface area contributed by atoms with Crippen LogP contribution in [0.3, 0.4) is 0 Å². The van der Waals surface area contributed by atoms with Crippen LogP contribution in [0.25, 0.3) is 10.1 Å². The maximum Gasteiger partial charge on any atom is 0.0910 e. The van der Waals surface area contributed by atoms with Crippen LogP contribution in [0.2, 0.25) is 0 Å². The molecular weight excluding hydrogens is 282 g/mol. The molecule has 2 saturated heterocycles. The van der Waals surface area contributed by atoms with Gasteiger partial charge in [-0.1, -0.05) is 18.2 Å². The molecule has 0 spiro atoms. The normalized spacial score (nSPS) is 27.9. The summed E-state index contributed by atoms with van der Waals surface area (Å²) in [5, 5.41) is 3.42. The van der Waals surface area contributed by atoms with Crippen LogP contribution in [-0.4, -0.2) is 36.7 Å². The fourth-order valence-electron chi connectivity index (χ4n) is 3.70. The van der Waals surface area contributed by atoms with E-state index in [0.717, 1.165) is 13.2 Å². The van der Waals surface area contributed by atoms with Crippen molar-refractivity contribution in [3.63, 3.8) is 0 Å². The summed E-state index contributed by atoms with van der Waals surface area (Å²) in [5.41, 5.74) is 4.26. The first kappa shape index (κ1) is 13.7. The lowest BCUT2D eigenvalue weighted by atomic mass is 9.99. The van der Waals surface area contributed by atoms with Gasteiger partial charge in [0.1, 0.15) is 0 Å². The molecule has 5 heteroatoms. The zero-order valence-corrected chi connectivity index (χ0v) is 12.8. The number of nitrogens with two attached hydrogens (primary N) is 1. The molecule has 2 aliphatic rings. The molecule has 1 aromatic carbocycles. The lowest BCUT2D eigenvalue weighted by molar-refractivity contribution is -0.0651. The Morgan fingerprint density at radius 3 is 3.24 bits per heavy atom. The van der Waals surface area contributed by atoms with Crippen molar-refractivity contribution in [1.29, 1.82) is 0 Å². The Bertz CT molecular complexity index is 629. The number of thiophene rings is 1. The van der Waals surface area contributed by atoms with Gasteiger partial charge >= 0.3 is 0 Å². The van der Waals surface area contributed by atoms with Crippen LogP contribution in [-0.2, 0) is 4.74 Å². The monoisotopic (exact) mass is 303 g/mol. The van der Waals surface area contributed by atoms with Crippen molar-refractivity contribution in [2.75, 3.05) is 19.7 Å². The van der Waals surface area contributed by atoms with E-state index >= 15 is 0 Å². The molecule has 0 amide bonds. The number of hydrazine groups is 1. The molecule has 2 fully saturated rings. The van der Waals surface area contributed by atoms with Crippen LogP contribution in [0.4, 0.5) is 0 Å². The lowest BCUT2D eigenvalue weighted by Gasteiger charge is -2.38. The van der Waals surface area contributed by atoms with E-state index in [-0.39, 0.29) is 12.1 Å². The summed E-state index contributed by atoms with van der Waals surface area (Å²) in [4.78, 5) is 2.56. The number of fused-ring (bicyclic) bond motifs is 2. The van der Waals surface area contributed by atoms with E-state index in [1.807, 2.05) is 0 Å². The average molecular weight is 303 g/mol. The van der Waals surface area contributed by atoms with Crippen LogP contribution >= 0.6 is 11.3 Å². The third-order valence-electron chi connectivity index (χ3n) is 4.81. The van der Waals surface area contributed by atoms with Gasteiger partial charge in [-0.25, -0.2) is 0 Å². The third kappa shape index (κ3) is 2.39. The molecule has 0 radical (unpaired) electrons. The molecule has 0 saturated carbocycles. The number of hydrogen-bond donors (Lipinski definition) is 2. The van der Waals surface area contributed by atoms with Gasteiger partial charge in [0.15, 0.2) is 0 Å². The quantitative estimate of drug-likeness (QED) is 0.674. The standard InChI is InChI=1S/C16H21N3OS/c17-18-15(13-5-1-3-11-6-8-21-16(11)13)14-9-19-7-2-4-12(19)10-20-14/h1,3,5-6,8,12,14-15,18H,2,4,7,9-10,17H2. The molecule has 4 nitrogen and oxygen atoms in total. The summed E-state index contributed by atoms with van der Waals surface area (Å²) in [7, 11) is 0. The number of morpholine rings is 1. The Morgan fingerprint density at radius 1 is 1.38 bits per heavy atom. The Labute approximate surface area is 128 Å². The van der Waals surface area contributed by atoms with Gasteiger partial charge in [0, 0.05) is 17.3 Å². The van der Waals surface area contributed by atoms with Crippen molar-refractivity contribution in [1.82, 2.24) is 10.3 Å². The molecule has 21 heavy (non-hydrogen) atoms. The van der Waals surface area contributed by atoms with E-state index in [2.05, 4.69) is 40.0 Å². The molecule has 4 rings (SSSR count). The van der Waals surface area contributed by atoms with Crippen molar-refractivity contribution in [3.05, 3.63) is 35.2 Å². The fraction of sp³-hybridized carbons (Fsp3) is 0.500. The van der Waals surface area contributed by atoms with E-state index < -0.39 is 0 Å². The van der Waals surface area contributed by atoms with Crippen LogP contribution in [0, 0.1) is 0 Å². The first-order valence-electron chi connectivity index (χ1n) is 7.64. The first-order chi connectivity index (χ1) is 10.4. The second-order valence-corrected chi connectivity index (χ2v) is 6.91. The van der Waals surface area contributed by atoms with Crippen molar-refractivity contribution in [3.8, 4) is 0 Å². The van der Waals surface area contributed by atoms with Gasteiger partial charge in [-0.3, -0.25) is 16.2 Å². The molecular formula is C16H21N3OS. The minimum absolute atomic E-state index is 0.0499. The van der Waals surface area contributed by atoms with Gasteiger partial charge in [-0.05, 0) is 41.8 Å². The smallest absolute Gasteiger partial charge is 0.0910 e. The van der Waals surface area contributed by atoms with Crippen molar-refractivity contribution >= 4 is 21.4 Å². The van der Waals surface area contributed by atoms with Crippen molar-refractivity contribution in [2.45, 2.75) is 31.0 Å². The fourth-order valence-corrected chi connectivity index (χ4v) is 4.66. The molecule has 2 aliphatic heterocycles. The van der Waals surface area contributed by atoms with Crippen LogP contribution in [0.15, 0.2) is 29.6 Å². The second kappa shape index (κ2) is 5.66. The van der Waals surface area contributed by atoms with Crippen molar-refractivity contribution < 1.29 is 4.74 Å². The van der Waals surface area contributed by atoms with E-state index in [1.165, 1.54) is 35.0 Å². The topological polar surface area (TPSA) is 50.5 Å². The van der Waals surface area contributed by atoms with Crippen molar-refractivity contribution in [2.24, 2.45) is 5.84 Å². The number of hydrogen-bond acceptors (Lipinski definition) is 5. The maximum atomic E-state index is 6.15. The lowest BCUT2D eigenvalue weighted by Crippen LogP contribution is -2.51. The minimum Gasteiger partial charge on any atom is -0.373 e. The molecule has 1 aromatic heterocycles. The summed E-state index contributed by atoms with van der Waals surface area (Å²) in [6, 6.07) is 9.27. The second-order valence-electron chi connectivity index (χ2n) is 5.99. The summed E-state index contributed by atoms with van der Waals surface area (Å²) in [6.07, 6.45) is 2.69. The molecule has 3 atom stereocenters. The predicted octanol–water partition coefficient (Wildman–Crippen LogP) is 2.27. The number of benzene rings is 1. The Kier molecular flexibility index (Phi) is 3.69. The molecule has 3 heterocycles. The highest BCUT2D eigenvalue weighted by molar-refractivity contribution is 7.17. The molecule has 3 unspecified atom stereocenters. The number of rotatable bonds is 3. The zero-order valence-electron chi connectivity index (χ0n) is 12.0. The Hall–Kier alpha value is -0.980. The van der Waals surface area contributed by atoms with Gasteiger partial charge in [0.05, 0.1) is 18.8 Å². The van der Waals surface area contributed by atoms with Crippen LogP contribution < -0.4 is 11.3 Å². The first-order valence-corrected chi connectivity index (χ1v) is 8.52. The zero-order chi connectivity index (χ0) is 14.2. The van der Waals surface area contributed by atoms with Crippen LogP contribution in [0.5, 0.6) is 0 Å². The Morgan fingerprint density at radius 2 is 2.33 bits per heavy atom. The van der Waals surface area contributed by atoms with Gasteiger partial charge in [-0.2, -0.15) is 0 Å². The molecule has 112 valence electrons. The Balaban J connectivity index is 1.64. The minimum atomic E-state index is 0.0499. The summed E-state index contributed by atoms with van der Waals surface area (Å²) in [5.74, 6) is 5.89. The summed E-state index contributed by atoms with van der Waals surface area (Å²) in [6.45, 7) is 3.01. The van der Waals surface area contributed by atoms with Gasteiger partial charge < -0.3 is 4.74 Å². The molecule has 3 N–H and O–H groups in total. The third-order valence-corrected chi connectivity index (χ3v) is 5.79. The largest absolute Gasteiger partial charge is 0.373 e. The summed E-state index contributed by atoms with van der Waals surface area (Å²) < 4.78 is 7.46. The van der Waals surface area contributed by atoms with E-state index in [4.69, 9.17) is 10.6 Å². The molecule has 0 bridgehead atoms. The van der Waals surface area contributed by atoms with Gasteiger partial charge in [0.25, 0.3) is 0 Å².